The summed E-state index contributed by atoms with van der Waals surface area (Å²) in [5.74, 6) is 0.115. The van der Waals surface area contributed by atoms with Gasteiger partial charge in [-0.1, -0.05) is 17.7 Å². The second-order valence-corrected chi connectivity index (χ2v) is 8.20. The molecule has 128 valence electrons. The molecule has 7 heteroatoms. The van der Waals surface area contributed by atoms with E-state index in [1.54, 1.807) is 24.3 Å². The summed E-state index contributed by atoms with van der Waals surface area (Å²) in [5, 5.41) is 0.487. The normalized spacial score (nSPS) is 15.5. The second kappa shape index (κ2) is 8.02. The Kier molecular flexibility index (Phi) is 6.30. The van der Waals surface area contributed by atoms with Gasteiger partial charge in [0.15, 0.2) is 0 Å². The summed E-state index contributed by atoms with van der Waals surface area (Å²) < 4.78 is 25.3. The number of anilines is 1. The lowest BCUT2D eigenvalue weighted by atomic mass is 10.1. The van der Waals surface area contributed by atoms with Crippen molar-refractivity contribution in [3.63, 3.8) is 0 Å². The van der Waals surface area contributed by atoms with E-state index in [1.807, 2.05) is 4.90 Å². The molecular formula is C16H23ClN2O3S. The van der Waals surface area contributed by atoms with E-state index < -0.39 is 10.0 Å². The molecular weight excluding hydrogens is 336 g/mol. The number of piperidine rings is 1. The SMILES string of the molecule is CS(=O)(=O)N(CCCC(=O)N1CCCCC1)c1cccc(Cl)c1. The predicted molar refractivity (Wildman–Crippen MR) is 93.3 cm³/mol. The van der Waals surface area contributed by atoms with Gasteiger partial charge in [-0.05, 0) is 43.9 Å². The number of hydrogen-bond acceptors (Lipinski definition) is 3. The minimum absolute atomic E-state index is 0.115. The van der Waals surface area contributed by atoms with E-state index in [2.05, 4.69) is 0 Å². The lowest BCUT2D eigenvalue weighted by Crippen LogP contribution is -2.36. The zero-order chi connectivity index (χ0) is 16.9. The first-order chi connectivity index (χ1) is 10.9. The van der Waals surface area contributed by atoms with Gasteiger partial charge in [-0.25, -0.2) is 8.42 Å². The Morgan fingerprint density at radius 2 is 1.96 bits per heavy atom. The third kappa shape index (κ3) is 5.39. The lowest BCUT2D eigenvalue weighted by Gasteiger charge is -2.27. The fraction of sp³-hybridized carbons (Fsp3) is 0.562. The van der Waals surface area contributed by atoms with Crippen molar-refractivity contribution >= 4 is 33.2 Å². The maximum atomic E-state index is 12.2. The van der Waals surface area contributed by atoms with Crippen molar-refractivity contribution in [3.05, 3.63) is 29.3 Å². The number of likely N-dealkylation sites (tertiary alicyclic amines) is 1. The monoisotopic (exact) mass is 358 g/mol. The Balaban J connectivity index is 1.95. The molecule has 0 atom stereocenters. The molecule has 0 N–H and O–H groups in total. The predicted octanol–water partition coefficient (Wildman–Crippen LogP) is 2.90. The van der Waals surface area contributed by atoms with Crippen LogP contribution in [0.2, 0.25) is 5.02 Å². The Labute approximate surface area is 143 Å². The van der Waals surface area contributed by atoms with E-state index in [4.69, 9.17) is 11.6 Å². The highest BCUT2D eigenvalue weighted by molar-refractivity contribution is 7.92. The van der Waals surface area contributed by atoms with Gasteiger partial charge < -0.3 is 4.90 Å². The van der Waals surface area contributed by atoms with Gasteiger partial charge in [-0.2, -0.15) is 0 Å². The minimum atomic E-state index is -3.41. The van der Waals surface area contributed by atoms with Gasteiger partial charge in [0, 0.05) is 31.1 Å². The number of nitrogens with zero attached hydrogens (tertiary/aromatic N) is 2. The number of halogens is 1. The van der Waals surface area contributed by atoms with Gasteiger partial charge >= 0.3 is 0 Å². The molecule has 0 unspecified atom stereocenters. The molecule has 1 saturated heterocycles. The zero-order valence-electron chi connectivity index (χ0n) is 13.4. The van der Waals surface area contributed by atoms with Crippen molar-refractivity contribution in [1.82, 2.24) is 4.90 Å². The summed E-state index contributed by atoms with van der Waals surface area (Å²) in [6.45, 7) is 1.92. The molecule has 0 spiro atoms. The molecule has 0 bridgehead atoms. The summed E-state index contributed by atoms with van der Waals surface area (Å²) in [4.78, 5) is 14.0. The van der Waals surface area contributed by atoms with E-state index >= 15 is 0 Å². The molecule has 23 heavy (non-hydrogen) atoms. The van der Waals surface area contributed by atoms with Crippen LogP contribution in [-0.2, 0) is 14.8 Å². The molecule has 2 rings (SSSR count). The number of carbonyl (C=O) groups excluding carboxylic acids is 1. The highest BCUT2D eigenvalue weighted by Gasteiger charge is 2.20. The first-order valence-corrected chi connectivity index (χ1v) is 10.1. The first-order valence-electron chi connectivity index (χ1n) is 7.89. The molecule has 0 saturated carbocycles. The van der Waals surface area contributed by atoms with Gasteiger partial charge in [0.1, 0.15) is 0 Å². The molecule has 1 aliphatic heterocycles. The van der Waals surface area contributed by atoms with Crippen LogP contribution in [0, 0.1) is 0 Å². The maximum Gasteiger partial charge on any atom is 0.232 e. The summed E-state index contributed by atoms with van der Waals surface area (Å²) in [6.07, 6.45) is 5.33. The van der Waals surface area contributed by atoms with Crippen LogP contribution in [0.4, 0.5) is 5.69 Å². The molecule has 1 aliphatic rings. The Morgan fingerprint density at radius 1 is 1.26 bits per heavy atom. The molecule has 0 radical (unpaired) electrons. The number of hydrogen-bond donors (Lipinski definition) is 0. The van der Waals surface area contributed by atoms with Crippen molar-refractivity contribution in [2.45, 2.75) is 32.1 Å². The van der Waals surface area contributed by atoms with Gasteiger partial charge in [0.2, 0.25) is 15.9 Å². The molecule has 0 aliphatic carbocycles. The van der Waals surface area contributed by atoms with Gasteiger partial charge in [-0.3, -0.25) is 9.10 Å². The van der Waals surface area contributed by atoms with E-state index in [9.17, 15) is 13.2 Å². The number of benzene rings is 1. The number of rotatable bonds is 6. The average Bonchev–Trinajstić information content (AvgIpc) is 2.51. The quantitative estimate of drug-likeness (QED) is 0.785. The van der Waals surface area contributed by atoms with Crippen LogP contribution in [0.25, 0.3) is 0 Å². The molecule has 0 aromatic heterocycles. The lowest BCUT2D eigenvalue weighted by molar-refractivity contribution is -0.132. The van der Waals surface area contributed by atoms with E-state index in [-0.39, 0.29) is 12.5 Å². The topological polar surface area (TPSA) is 57.7 Å². The zero-order valence-corrected chi connectivity index (χ0v) is 14.9. The maximum absolute atomic E-state index is 12.2. The smallest absolute Gasteiger partial charge is 0.232 e. The van der Waals surface area contributed by atoms with E-state index in [1.165, 1.54) is 17.0 Å². The van der Waals surface area contributed by atoms with Crippen LogP contribution in [-0.4, -0.2) is 45.1 Å². The van der Waals surface area contributed by atoms with Crippen molar-refractivity contribution < 1.29 is 13.2 Å². The van der Waals surface area contributed by atoms with Crippen molar-refractivity contribution in [1.29, 1.82) is 0 Å². The van der Waals surface area contributed by atoms with Crippen LogP contribution in [0.5, 0.6) is 0 Å². The van der Waals surface area contributed by atoms with Crippen LogP contribution in [0.3, 0.4) is 0 Å². The highest BCUT2D eigenvalue weighted by Crippen LogP contribution is 2.22. The van der Waals surface area contributed by atoms with Gasteiger partial charge in [0.25, 0.3) is 0 Å². The Morgan fingerprint density at radius 3 is 2.57 bits per heavy atom. The minimum Gasteiger partial charge on any atom is -0.343 e. The van der Waals surface area contributed by atoms with Crippen molar-refractivity contribution in [2.75, 3.05) is 30.2 Å². The van der Waals surface area contributed by atoms with Crippen LogP contribution < -0.4 is 4.31 Å². The molecule has 5 nitrogen and oxygen atoms in total. The molecule has 1 aromatic rings. The Bertz CT molecular complexity index is 642. The van der Waals surface area contributed by atoms with Gasteiger partial charge in [0.05, 0.1) is 11.9 Å². The number of sulfonamides is 1. The first kappa shape index (κ1) is 18.1. The number of carbonyl (C=O) groups is 1. The molecule has 1 fully saturated rings. The summed E-state index contributed by atoms with van der Waals surface area (Å²) in [5.41, 5.74) is 0.533. The highest BCUT2D eigenvalue weighted by atomic mass is 35.5. The fourth-order valence-electron chi connectivity index (χ4n) is 2.79. The van der Waals surface area contributed by atoms with E-state index in [0.29, 0.717) is 23.6 Å². The molecule has 1 amide bonds. The second-order valence-electron chi connectivity index (χ2n) is 5.86. The fourth-order valence-corrected chi connectivity index (χ4v) is 3.93. The average molecular weight is 359 g/mol. The van der Waals surface area contributed by atoms with Crippen LogP contribution in [0.1, 0.15) is 32.1 Å². The van der Waals surface area contributed by atoms with E-state index in [0.717, 1.165) is 25.9 Å². The third-order valence-corrected chi connectivity index (χ3v) is 5.39. The summed E-state index contributed by atoms with van der Waals surface area (Å²) in [7, 11) is -3.41. The molecule has 1 heterocycles. The summed E-state index contributed by atoms with van der Waals surface area (Å²) in [6, 6.07) is 6.74. The van der Waals surface area contributed by atoms with Crippen LogP contribution in [0.15, 0.2) is 24.3 Å². The largest absolute Gasteiger partial charge is 0.343 e. The Hall–Kier alpha value is -1.27. The third-order valence-electron chi connectivity index (χ3n) is 3.96. The van der Waals surface area contributed by atoms with Crippen molar-refractivity contribution in [2.24, 2.45) is 0 Å². The summed E-state index contributed by atoms with van der Waals surface area (Å²) >= 11 is 5.94. The number of amides is 1. The van der Waals surface area contributed by atoms with Gasteiger partial charge in [-0.15, -0.1) is 0 Å². The van der Waals surface area contributed by atoms with Crippen molar-refractivity contribution in [3.8, 4) is 0 Å². The molecule has 1 aromatic carbocycles. The standard InChI is InChI=1S/C16H23ClN2O3S/c1-23(21,22)19(15-8-5-7-14(17)13-15)12-6-9-16(20)18-10-3-2-4-11-18/h5,7-8,13H,2-4,6,9-12H2,1H3. The van der Waals surface area contributed by atoms with Crippen LogP contribution >= 0.6 is 11.6 Å².